The number of halogens is 3. The van der Waals surface area contributed by atoms with E-state index >= 15 is 0 Å². The molecule has 146 valence electrons. The van der Waals surface area contributed by atoms with Crippen LogP contribution in [0.5, 0.6) is 0 Å². The number of carbonyl (C=O) groups is 1. The standard InChI is InChI=1S/C18H21F3N4O2/c1-11(2)16(26)22-8-9-24-17(27)25(14-6-7-14)15(23-24)12-4-3-5-13(10-12)18(19,20)21/h3-5,10-11,14H,6-9H2,1-2H3,(H,22,26). The molecule has 1 aliphatic rings. The van der Waals surface area contributed by atoms with E-state index in [1.165, 1.54) is 21.4 Å². The van der Waals surface area contributed by atoms with Crippen molar-refractivity contribution >= 4 is 5.91 Å². The lowest BCUT2D eigenvalue weighted by atomic mass is 10.1. The molecule has 0 unspecified atom stereocenters. The van der Waals surface area contributed by atoms with E-state index in [0.717, 1.165) is 25.0 Å². The monoisotopic (exact) mass is 382 g/mol. The van der Waals surface area contributed by atoms with Crippen LogP contribution in [-0.2, 0) is 17.5 Å². The Labute approximate surface area is 154 Å². The highest BCUT2D eigenvalue weighted by atomic mass is 19.4. The fraction of sp³-hybridized carbons (Fsp3) is 0.500. The van der Waals surface area contributed by atoms with Crippen molar-refractivity contribution in [2.45, 2.75) is 45.5 Å². The van der Waals surface area contributed by atoms with E-state index in [4.69, 9.17) is 0 Å². The number of nitrogens with one attached hydrogen (secondary N) is 1. The molecule has 0 bridgehead atoms. The van der Waals surface area contributed by atoms with Gasteiger partial charge in [-0.2, -0.15) is 13.2 Å². The summed E-state index contributed by atoms with van der Waals surface area (Å²) in [6.45, 7) is 3.90. The molecule has 1 heterocycles. The van der Waals surface area contributed by atoms with Crippen LogP contribution < -0.4 is 11.0 Å². The molecule has 0 aliphatic heterocycles. The second-order valence-corrected chi connectivity index (χ2v) is 6.95. The van der Waals surface area contributed by atoms with Gasteiger partial charge in [0.25, 0.3) is 0 Å². The van der Waals surface area contributed by atoms with Crippen LogP contribution in [0.1, 0.15) is 38.3 Å². The zero-order chi connectivity index (χ0) is 19.8. The maximum absolute atomic E-state index is 13.0. The average Bonchev–Trinajstić information content (AvgIpc) is 3.38. The van der Waals surface area contributed by atoms with E-state index in [1.807, 2.05) is 0 Å². The third kappa shape index (κ3) is 4.23. The molecule has 2 aromatic rings. The highest BCUT2D eigenvalue weighted by Crippen LogP contribution is 2.37. The van der Waals surface area contributed by atoms with E-state index in [-0.39, 0.29) is 48.0 Å². The Hall–Kier alpha value is -2.58. The molecule has 1 fully saturated rings. The Bertz CT molecular complexity index is 895. The average molecular weight is 382 g/mol. The second-order valence-electron chi connectivity index (χ2n) is 6.95. The second kappa shape index (κ2) is 7.21. The number of hydrogen-bond acceptors (Lipinski definition) is 3. The Morgan fingerprint density at radius 2 is 2.04 bits per heavy atom. The first-order valence-electron chi connectivity index (χ1n) is 8.83. The van der Waals surface area contributed by atoms with Crippen LogP contribution in [0.15, 0.2) is 29.1 Å². The number of benzene rings is 1. The van der Waals surface area contributed by atoms with Crippen LogP contribution in [0, 0.1) is 5.92 Å². The molecule has 0 spiro atoms. The first-order valence-corrected chi connectivity index (χ1v) is 8.83. The third-order valence-electron chi connectivity index (χ3n) is 4.38. The van der Waals surface area contributed by atoms with Crippen molar-refractivity contribution in [2.24, 2.45) is 5.92 Å². The molecular weight excluding hydrogens is 361 g/mol. The summed E-state index contributed by atoms with van der Waals surface area (Å²) in [5, 5.41) is 6.96. The fourth-order valence-corrected chi connectivity index (χ4v) is 2.75. The van der Waals surface area contributed by atoms with Crippen LogP contribution in [0.25, 0.3) is 11.4 Å². The van der Waals surface area contributed by atoms with Gasteiger partial charge in [-0.15, -0.1) is 5.10 Å². The van der Waals surface area contributed by atoms with E-state index in [0.29, 0.717) is 0 Å². The Kier molecular flexibility index (Phi) is 5.12. The molecule has 9 heteroatoms. The molecule has 6 nitrogen and oxygen atoms in total. The highest BCUT2D eigenvalue weighted by molar-refractivity contribution is 5.77. The number of aromatic nitrogens is 3. The molecule has 0 radical (unpaired) electrons. The van der Waals surface area contributed by atoms with Crippen LogP contribution in [0.2, 0.25) is 0 Å². The van der Waals surface area contributed by atoms with Crippen molar-refractivity contribution in [1.82, 2.24) is 19.7 Å². The van der Waals surface area contributed by atoms with Crippen LogP contribution in [-0.4, -0.2) is 26.8 Å². The molecule has 1 amide bonds. The topological polar surface area (TPSA) is 68.9 Å². The molecular formula is C18H21F3N4O2. The largest absolute Gasteiger partial charge is 0.416 e. The fourth-order valence-electron chi connectivity index (χ4n) is 2.75. The maximum atomic E-state index is 13.0. The Balaban J connectivity index is 1.90. The molecule has 1 aromatic heterocycles. The lowest BCUT2D eigenvalue weighted by Gasteiger charge is -2.09. The Morgan fingerprint density at radius 3 is 2.63 bits per heavy atom. The normalized spacial score (nSPS) is 14.6. The zero-order valence-electron chi connectivity index (χ0n) is 15.1. The van der Waals surface area contributed by atoms with Crippen LogP contribution in [0.4, 0.5) is 13.2 Å². The van der Waals surface area contributed by atoms with E-state index in [9.17, 15) is 22.8 Å². The summed E-state index contributed by atoms with van der Waals surface area (Å²) in [6, 6.07) is 4.77. The molecule has 3 rings (SSSR count). The summed E-state index contributed by atoms with van der Waals surface area (Å²) in [7, 11) is 0. The van der Waals surface area contributed by atoms with Crippen molar-refractivity contribution in [3.8, 4) is 11.4 Å². The number of rotatable bonds is 6. The molecule has 1 aliphatic carbocycles. The number of amides is 1. The number of nitrogens with zero attached hydrogens (tertiary/aromatic N) is 3. The number of alkyl halides is 3. The molecule has 1 saturated carbocycles. The van der Waals surface area contributed by atoms with Gasteiger partial charge in [0.05, 0.1) is 12.1 Å². The maximum Gasteiger partial charge on any atom is 0.416 e. The minimum Gasteiger partial charge on any atom is -0.354 e. The van der Waals surface area contributed by atoms with Gasteiger partial charge in [-0.25, -0.2) is 9.48 Å². The van der Waals surface area contributed by atoms with Gasteiger partial charge in [-0.05, 0) is 25.0 Å². The minimum atomic E-state index is -4.47. The first kappa shape index (κ1) is 19.2. The van der Waals surface area contributed by atoms with Gasteiger partial charge in [0.2, 0.25) is 5.91 Å². The summed E-state index contributed by atoms with van der Waals surface area (Å²) >= 11 is 0. The summed E-state index contributed by atoms with van der Waals surface area (Å²) in [5.74, 6) is -0.0852. The van der Waals surface area contributed by atoms with Crippen molar-refractivity contribution < 1.29 is 18.0 Å². The minimum absolute atomic E-state index is 0.0407. The third-order valence-corrected chi connectivity index (χ3v) is 4.38. The van der Waals surface area contributed by atoms with E-state index < -0.39 is 11.7 Å². The van der Waals surface area contributed by atoms with Gasteiger partial charge in [-0.1, -0.05) is 26.0 Å². The van der Waals surface area contributed by atoms with Crippen molar-refractivity contribution in [3.63, 3.8) is 0 Å². The first-order chi connectivity index (χ1) is 12.7. The molecule has 1 aromatic carbocycles. The van der Waals surface area contributed by atoms with Gasteiger partial charge in [0.1, 0.15) is 0 Å². The predicted octanol–water partition coefficient (Wildman–Crippen LogP) is 2.84. The molecule has 1 N–H and O–H groups in total. The molecule has 0 saturated heterocycles. The SMILES string of the molecule is CC(C)C(=O)NCCn1nc(-c2cccc(C(F)(F)F)c2)n(C2CC2)c1=O. The lowest BCUT2D eigenvalue weighted by molar-refractivity contribution is -0.137. The zero-order valence-corrected chi connectivity index (χ0v) is 15.1. The van der Waals surface area contributed by atoms with E-state index in [2.05, 4.69) is 10.4 Å². The smallest absolute Gasteiger partial charge is 0.354 e. The number of hydrogen-bond donors (Lipinski definition) is 1. The highest BCUT2D eigenvalue weighted by Gasteiger charge is 2.33. The summed E-state index contributed by atoms with van der Waals surface area (Å²) in [5.41, 5.74) is -0.906. The van der Waals surface area contributed by atoms with Gasteiger partial charge < -0.3 is 5.32 Å². The molecule has 27 heavy (non-hydrogen) atoms. The van der Waals surface area contributed by atoms with Crippen molar-refractivity contribution in [2.75, 3.05) is 6.54 Å². The molecule has 0 atom stereocenters. The predicted molar refractivity (Wildman–Crippen MR) is 93.0 cm³/mol. The van der Waals surface area contributed by atoms with Gasteiger partial charge in [0.15, 0.2) is 5.82 Å². The summed E-state index contributed by atoms with van der Waals surface area (Å²) < 4.78 is 41.7. The Morgan fingerprint density at radius 1 is 1.33 bits per heavy atom. The number of carbonyl (C=O) groups excluding carboxylic acids is 1. The quantitative estimate of drug-likeness (QED) is 0.835. The van der Waals surface area contributed by atoms with Crippen LogP contribution in [0.3, 0.4) is 0 Å². The van der Waals surface area contributed by atoms with Crippen molar-refractivity contribution in [1.29, 1.82) is 0 Å². The van der Waals surface area contributed by atoms with Crippen molar-refractivity contribution in [3.05, 3.63) is 40.3 Å². The summed E-state index contributed by atoms with van der Waals surface area (Å²) in [6.07, 6.45) is -2.88. The summed E-state index contributed by atoms with van der Waals surface area (Å²) in [4.78, 5) is 24.3. The lowest BCUT2D eigenvalue weighted by Crippen LogP contribution is -2.34. The van der Waals surface area contributed by atoms with Gasteiger partial charge in [-0.3, -0.25) is 9.36 Å². The van der Waals surface area contributed by atoms with Crippen LogP contribution >= 0.6 is 0 Å². The van der Waals surface area contributed by atoms with E-state index in [1.54, 1.807) is 13.8 Å². The van der Waals surface area contributed by atoms with Gasteiger partial charge in [0, 0.05) is 24.1 Å². The van der Waals surface area contributed by atoms with Gasteiger partial charge >= 0.3 is 11.9 Å².